The zero-order valence-electron chi connectivity index (χ0n) is 15.5. The van der Waals surface area contributed by atoms with Crippen LogP contribution in [0.25, 0.3) is 0 Å². The summed E-state index contributed by atoms with van der Waals surface area (Å²) in [6.45, 7) is 4.85. The number of nitro benzene ring substituents is 1. The van der Waals surface area contributed by atoms with Crippen LogP contribution in [0.15, 0.2) is 29.6 Å². The summed E-state index contributed by atoms with van der Waals surface area (Å²) in [4.78, 5) is 39.2. The van der Waals surface area contributed by atoms with Gasteiger partial charge in [-0.15, -0.1) is 11.3 Å². The normalized spacial score (nSPS) is 14.5. The minimum absolute atomic E-state index is 0.0436. The largest absolute Gasteiger partial charge is 0.340 e. The van der Waals surface area contributed by atoms with Crippen molar-refractivity contribution in [2.45, 2.75) is 32.9 Å². The fourth-order valence-corrected chi connectivity index (χ4v) is 4.24. The predicted octanol–water partition coefficient (Wildman–Crippen LogP) is 3.65. The predicted molar refractivity (Wildman–Crippen MR) is 108 cm³/mol. The minimum Gasteiger partial charge on any atom is -0.340 e. The molecule has 0 bridgehead atoms. The number of hydrogen-bond acceptors (Lipinski definition) is 5. The first-order valence-corrected chi connectivity index (χ1v) is 10.1. The molecule has 1 N–H and O–H groups in total. The molecule has 148 valence electrons. The highest BCUT2D eigenvalue weighted by Crippen LogP contribution is 2.26. The van der Waals surface area contributed by atoms with Crippen molar-refractivity contribution in [1.29, 1.82) is 0 Å². The summed E-state index contributed by atoms with van der Waals surface area (Å²) in [6.07, 6.45) is 0.806. The Morgan fingerprint density at radius 2 is 2.07 bits per heavy atom. The van der Waals surface area contributed by atoms with Crippen molar-refractivity contribution in [3.05, 3.63) is 60.8 Å². The van der Waals surface area contributed by atoms with Crippen LogP contribution in [0.2, 0.25) is 5.02 Å². The van der Waals surface area contributed by atoms with Gasteiger partial charge < -0.3 is 10.2 Å². The van der Waals surface area contributed by atoms with Crippen LogP contribution in [-0.4, -0.2) is 34.2 Å². The fraction of sp³-hybridized carbons (Fsp3) is 0.368. The molecule has 3 rings (SSSR count). The molecule has 9 heteroatoms. The first-order valence-electron chi connectivity index (χ1n) is 8.86. The number of halogens is 1. The maximum absolute atomic E-state index is 13.1. The highest BCUT2D eigenvalue weighted by molar-refractivity contribution is 7.10. The lowest BCUT2D eigenvalue weighted by Crippen LogP contribution is -2.52. The maximum Gasteiger partial charge on any atom is 0.288 e. The molecular formula is C19H20ClN3O4S. The maximum atomic E-state index is 13.1. The molecule has 1 aromatic carbocycles. The van der Waals surface area contributed by atoms with Crippen molar-refractivity contribution in [3.8, 4) is 0 Å². The molecule has 2 aromatic rings. The van der Waals surface area contributed by atoms with Gasteiger partial charge in [-0.2, -0.15) is 0 Å². The number of carbonyl (C=O) groups is 2. The summed E-state index contributed by atoms with van der Waals surface area (Å²) in [5.74, 6) is -0.827. The second-order valence-electron chi connectivity index (χ2n) is 7.00. The van der Waals surface area contributed by atoms with E-state index in [1.54, 1.807) is 16.2 Å². The van der Waals surface area contributed by atoms with Gasteiger partial charge >= 0.3 is 0 Å². The summed E-state index contributed by atoms with van der Waals surface area (Å²) in [5.41, 5.74) is 0.892. The molecule has 7 nitrogen and oxygen atoms in total. The second-order valence-corrected chi connectivity index (χ2v) is 8.41. The fourth-order valence-electron chi connectivity index (χ4n) is 3.17. The van der Waals surface area contributed by atoms with Gasteiger partial charge in [0.15, 0.2) is 0 Å². The van der Waals surface area contributed by atoms with Gasteiger partial charge in [-0.05, 0) is 41.5 Å². The molecule has 0 saturated heterocycles. The highest BCUT2D eigenvalue weighted by atomic mass is 35.5. The Hall–Kier alpha value is -2.45. The average Bonchev–Trinajstić information content (AvgIpc) is 3.13. The molecule has 1 aliphatic heterocycles. The lowest BCUT2D eigenvalue weighted by Gasteiger charge is -2.32. The van der Waals surface area contributed by atoms with E-state index in [1.807, 2.05) is 25.3 Å². The summed E-state index contributed by atoms with van der Waals surface area (Å²) >= 11 is 7.50. The molecule has 0 fully saturated rings. The number of hydrogen-bond donors (Lipinski definition) is 1. The number of carbonyl (C=O) groups excluding carboxylic acids is 2. The number of nitro groups is 1. The zero-order chi connectivity index (χ0) is 20.4. The third-order valence-corrected chi connectivity index (χ3v) is 6.09. The summed E-state index contributed by atoms with van der Waals surface area (Å²) in [5, 5.41) is 15.8. The van der Waals surface area contributed by atoms with Crippen LogP contribution in [0.3, 0.4) is 0 Å². The van der Waals surface area contributed by atoms with Gasteiger partial charge in [-0.1, -0.05) is 25.4 Å². The number of rotatable bonds is 5. The van der Waals surface area contributed by atoms with Crippen molar-refractivity contribution in [2.75, 3.05) is 6.54 Å². The standard InChI is InChI=1S/C19H20ClN3O4S/c1-11(2)17(19(25)22-7-5-16-13(10-22)6-8-28-16)21-18(24)12-3-4-14(20)15(9-12)23(26)27/h3-4,6,8-9,11,17H,5,7,10H2,1-2H3,(H,21,24). The molecule has 1 aliphatic rings. The van der Waals surface area contributed by atoms with Crippen molar-refractivity contribution in [2.24, 2.45) is 5.92 Å². The quantitative estimate of drug-likeness (QED) is 0.589. The Morgan fingerprint density at radius 3 is 2.75 bits per heavy atom. The third kappa shape index (κ3) is 4.18. The molecule has 0 radical (unpaired) electrons. The Morgan fingerprint density at radius 1 is 1.32 bits per heavy atom. The van der Waals surface area contributed by atoms with Gasteiger partial charge in [0.05, 0.1) is 4.92 Å². The number of benzene rings is 1. The monoisotopic (exact) mass is 421 g/mol. The average molecular weight is 422 g/mol. The Balaban J connectivity index is 1.76. The molecule has 0 saturated carbocycles. The molecule has 2 amide bonds. The number of amides is 2. The van der Waals surface area contributed by atoms with Gasteiger partial charge in [0, 0.05) is 29.6 Å². The summed E-state index contributed by atoms with van der Waals surface area (Å²) in [6, 6.07) is 5.14. The van der Waals surface area contributed by atoms with E-state index in [1.165, 1.54) is 17.0 Å². The van der Waals surface area contributed by atoms with Crippen molar-refractivity contribution in [1.82, 2.24) is 10.2 Å². The van der Waals surface area contributed by atoms with E-state index in [4.69, 9.17) is 11.6 Å². The summed E-state index contributed by atoms with van der Waals surface area (Å²) in [7, 11) is 0. The van der Waals surface area contributed by atoms with Crippen LogP contribution in [0.1, 0.15) is 34.6 Å². The van der Waals surface area contributed by atoms with Gasteiger partial charge in [0.2, 0.25) is 5.91 Å². The number of fused-ring (bicyclic) bond motifs is 1. The summed E-state index contributed by atoms with van der Waals surface area (Å²) < 4.78 is 0. The Kier molecular flexibility index (Phi) is 6.00. The van der Waals surface area contributed by atoms with Crippen molar-refractivity contribution in [3.63, 3.8) is 0 Å². The third-order valence-electron chi connectivity index (χ3n) is 4.74. The van der Waals surface area contributed by atoms with E-state index in [-0.39, 0.29) is 28.1 Å². The molecule has 1 unspecified atom stereocenters. The molecule has 0 spiro atoms. The van der Waals surface area contributed by atoms with E-state index in [0.29, 0.717) is 13.1 Å². The number of nitrogens with one attached hydrogen (secondary N) is 1. The lowest BCUT2D eigenvalue weighted by molar-refractivity contribution is -0.384. The topological polar surface area (TPSA) is 92.5 Å². The first kappa shape index (κ1) is 20.3. The number of nitrogens with zero attached hydrogens (tertiary/aromatic N) is 2. The lowest BCUT2D eigenvalue weighted by atomic mass is 10.00. The smallest absolute Gasteiger partial charge is 0.288 e. The SMILES string of the molecule is CC(C)C(NC(=O)c1ccc(Cl)c([N+](=O)[O-])c1)C(=O)N1CCc2sccc2C1. The van der Waals surface area contributed by atoms with E-state index in [9.17, 15) is 19.7 Å². The van der Waals surface area contributed by atoms with Gasteiger partial charge in [0.1, 0.15) is 11.1 Å². The minimum atomic E-state index is -0.720. The van der Waals surface area contributed by atoms with Crippen LogP contribution in [0, 0.1) is 16.0 Å². The van der Waals surface area contributed by atoms with Crippen molar-refractivity contribution < 1.29 is 14.5 Å². The first-order chi connectivity index (χ1) is 13.3. The van der Waals surface area contributed by atoms with Crippen LogP contribution in [0.4, 0.5) is 5.69 Å². The molecule has 1 aromatic heterocycles. The second kappa shape index (κ2) is 8.28. The van der Waals surface area contributed by atoms with Crippen LogP contribution < -0.4 is 5.32 Å². The van der Waals surface area contributed by atoms with Gasteiger partial charge in [0.25, 0.3) is 11.6 Å². The van der Waals surface area contributed by atoms with Gasteiger partial charge in [-0.3, -0.25) is 19.7 Å². The number of thiophene rings is 1. The van der Waals surface area contributed by atoms with Crippen LogP contribution in [-0.2, 0) is 17.8 Å². The van der Waals surface area contributed by atoms with E-state index in [2.05, 4.69) is 5.32 Å². The molecular weight excluding hydrogens is 402 g/mol. The van der Waals surface area contributed by atoms with Crippen LogP contribution >= 0.6 is 22.9 Å². The highest BCUT2D eigenvalue weighted by Gasteiger charge is 2.31. The van der Waals surface area contributed by atoms with Crippen molar-refractivity contribution >= 4 is 40.4 Å². The van der Waals surface area contributed by atoms with E-state index < -0.39 is 16.9 Å². The van der Waals surface area contributed by atoms with Crippen LogP contribution in [0.5, 0.6) is 0 Å². The Labute approximate surface area is 171 Å². The molecule has 2 heterocycles. The molecule has 0 aliphatic carbocycles. The van der Waals surface area contributed by atoms with E-state index in [0.717, 1.165) is 18.1 Å². The molecule has 28 heavy (non-hydrogen) atoms. The Bertz CT molecular complexity index is 928. The van der Waals surface area contributed by atoms with E-state index >= 15 is 0 Å². The molecule has 1 atom stereocenters. The van der Waals surface area contributed by atoms with Gasteiger partial charge in [-0.25, -0.2) is 0 Å². The zero-order valence-corrected chi connectivity index (χ0v) is 17.0.